The Morgan fingerprint density at radius 2 is 1.89 bits per heavy atom. The Hall–Kier alpha value is -2.86. The third kappa shape index (κ3) is 6.42. The van der Waals surface area contributed by atoms with Crippen molar-refractivity contribution in [3.63, 3.8) is 0 Å². The molecule has 4 N–H and O–H groups in total. The van der Waals surface area contributed by atoms with Crippen molar-refractivity contribution in [1.29, 1.82) is 0 Å². The molecule has 0 spiro atoms. The van der Waals surface area contributed by atoms with Crippen LogP contribution in [0.15, 0.2) is 59.6 Å². The summed E-state index contributed by atoms with van der Waals surface area (Å²) in [4.78, 5) is 15.9. The summed E-state index contributed by atoms with van der Waals surface area (Å²) in [7, 11) is 3.35. The second-order valence-corrected chi connectivity index (χ2v) is 6.20. The number of nitrogens with zero attached hydrogens (tertiary/aromatic N) is 1. The van der Waals surface area contributed by atoms with Crippen LogP contribution >= 0.6 is 0 Å². The minimum Gasteiger partial charge on any atom is -0.396 e. The predicted molar refractivity (Wildman–Crippen MR) is 109 cm³/mol. The van der Waals surface area contributed by atoms with Crippen molar-refractivity contribution in [3.8, 4) is 0 Å². The van der Waals surface area contributed by atoms with Crippen molar-refractivity contribution in [2.75, 3.05) is 33.8 Å². The maximum atomic E-state index is 11.7. The van der Waals surface area contributed by atoms with Crippen LogP contribution in [0, 0.1) is 0 Å². The molecular formula is C21H28N4O2. The summed E-state index contributed by atoms with van der Waals surface area (Å²) in [6, 6.07) is 17.5. The van der Waals surface area contributed by atoms with Gasteiger partial charge in [-0.3, -0.25) is 9.79 Å². The first kappa shape index (κ1) is 20.5. The molecule has 0 bridgehead atoms. The van der Waals surface area contributed by atoms with Crippen molar-refractivity contribution in [1.82, 2.24) is 16.0 Å². The van der Waals surface area contributed by atoms with Gasteiger partial charge in [-0.1, -0.05) is 42.5 Å². The first-order chi connectivity index (χ1) is 13.2. The molecule has 0 saturated carbocycles. The molecule has 2 rings (SSSR count). The van der Waals surface area contributed by atoms with Gasteiger partial charge in [-0.15, -0.1) is 0 Å². The molecule has 0 heterocycles. The van der Waals surface area contributed by atoms with Crippen LogP contribution in [0.4, 0.5) is 0 Å². The number of guanidine groups is 1. The summed E-state index contributed by atoms with van der Waals surface area (Å²) in [6.45, 7) is 1.35. The maximum absolute atomic E-state index is 11.7. The van der Waals surface area contributed by atoms with E-state index in [1.54, 1.807) is 20.2 Å². The summed E-state index contributed by atoms with van der Waals surface area (Å²) in [6.07, 6.45) is 0.771. The fourth-order valence-corrected chi connectivity index (χ4v) is 2.79. The Bertz CT molecular complexity index is 747. The number of aliphatic hydroxyl groups excluding tert-OH is 1. The van der Waals surface area contributed by atoms with Crippen LogP contribution in [0.3, 0.4) is 0 Å². The van der Waals surface area contributed by atoms with E-state index in [1.807, 2.05) is 48.5 Å². The van der Waals surface area contributed by atoms with Crippen molar-refractivity contribution >= 4 is 11.9 Å². The first-order valence-electron chi connectivity index (χ1n) is 9.09. The molecule has 0 saturated heterocycles. The molecule has 6 nitrogen and oxygen atoms in total. The van der Waals surface area contributed by atoms with E-state index in [1.165, 1.54) is 0 Å². The van der Waals surface area contributed by atoms with Gasteiger partial charge in [0.1, 0.15) is 0 Å². The highest BCUT2D eigenvalue weighted by Crippen LogP contribution is 2.13. The van der Waals surface area contributed by atoms with Crippen molar-refractivity contribution in [2.45, 2.75) is 12.3 Å². The van der Waals surface area contributed by atoms with Crippen LogP contribution in [-0.4, -0.2) is 50.8 Å². The van der Waals surface area contributed by atoms with E-state index < -0.39 is 0 Å². The van der Waals surface area contributed by atoms with Gasteiger partial charge in [0.25, 0.3) is 5.91 Å². The highest BCUT2D eigenvalue weighted by atomic mass is 16.3. The summed E-state index contributed by atoms with van der Waals surface area (Å²) in [5.74, 6) is 0.610. The topological polar surface area (TPSA) is 85.8 Å². The number of amides is 1. The Labute approximate surface area is 160 Å². The maximum Gasteiger partial charge on any atom is 0.251 e. The van der Waals surface area contributed by atoms with Crippen molar-refractivity contribution in [3.05, 3.63) is 71.3 Å². The van der Waals surface area contributed by atoms with E-state index in [9.17, 15) is 9.90 Å². The van der Waals surface area contributed by atoms with Crippen LogP contribution in [-0.2, 0) is 6.42 Å². The Morgan fingerprint density at radius 3 is 2.56 bits per heavy atom. The minimum absolute atomic E-state index is 0.00832. The molecule has 144 valence electrons. The third-order valence-electron chi connectivity index (χ3n) is 4.35. The summed E-state index contributed by atoms with van der Waals surface area (Å²) in [5, 5.41) is 18.8. The van der Waals surface area contributed by atoms with Crippen LogP contribution in [0.25, 0.3) is 0 Å². The number of aliphatic hydroxyl groups is 1. The average molecular weight is 368 g/mol. The lowest BCUT2D eigenvalue weighted by atomic mass is 10.0. The van der Waals surface area contributed by atoms with Gasteiger partial charge >= 0.3 is 0 Å². The molecule has 1 amide bonds. The Balaban J connectivity index is 1.83. The van der Waals surface area contributed by atoms with Gasteiger partial charge < -0.3 is 21.1 Å². The summed E-state index contributed by atoms with van der Waals surface area (Å²) in [5.41, 5.74) is 2.83. The number of hydrogen-bond donors (Lipinski definition) is 4. The zero-order chi connectivity index (χ0) is 19.5. The number of carbonyl (C=O) groups is 1. The molecule has 0 aliphatic heterocycles. The molecule has 0 radical (unpaired) electrons. The zero-order valence-electron chi connectivity index (χ0n) is 15.9. The molecule has 1 atom stereocenters. The van der Waals surface area contributed by atoms with Gasteiger partial charge in [0.05, 0.1) is 6.61 Å². The number of carbonyl (C=O) groups excluding carboxylic acids is 1. The monoisotopic (exact) mass is 368 g/mol. The van der Waals surface area contributed by atoms with E-state index in [-0.39, 0.29) is 18.4 Å². The highest BCUT2D eigenvalue weighted by Gasteiger charge is 2.11. The van der Waals surface area contributed by atoms with Gasteiger partial charge in [0.2, 0.25) is 0 Å². The lowest BCUT2D eigenvalue weighted by Crippen LogP contribution is -2.40. The van der Waals surface area contributed by atoms with Gasteiger partial charge in [-0.25, -0.2) is 0 Å². The molecule has 27 heavy (non-hydrogen) atoms. The molecule has 0 fully saturated rings. The summed E-state index contributed by atoms with van der Waals surface area (Å²) < 4.78 is 0. The van der Waals surface area contributed by atoms with E-state index in [4.69, 9.17) is 0 Å². The van der Waals surface area contributed by atoms with Gasteiger partial charge in [0, 0.05) is 38.7 Å². The standard InChI is InChI=1S/C21H28N4O2/c1-22-20(27)18-10-6-7-16(13-18)11-12-24-21(23-2)25-14-19(15-26)17-8-4-3-5-9-17/h3-10,13,19,26H,11-12,14-15H2,1-2H3,(H,22,27)(H2,23,24,25). The summed E-state index contributed by atoms with van der Waals surface area (Å²) >= 11 is 0. The lowest BCUT2D eigenvalue weighted by Gasteiger charge is -2.18. The smallest absolute Gasteiger partial charge is 0.251 e. The van der Waals surface area contributed by atoms with Crippen LogP contribution in [0.1, 0.15) is 27.4 Å². The molecule has 2 aromatic rings. The van der Waals surface area contributed by atoms with Crippen LogP contribution < -0.4 is 16.0 Å². The number of hydrogen-bond acceptors (Lipinski definition) is 3. The quantitative estimate of drug-likeness (QED) is 0.420. The number of nitrogens with one attached hydrogen (secondary N) is 3. The van der Waals surface area contributed by atoms with E-state index in [0.29, 0.717) is 24.6 Å². The lowest BCUT2D eigenvalue weighted by molar-refractivity contribution is 0.0963. The fraction of sp³-hybridized carbons (Fsp3) is 0.333. The van der Waals surface area contributed by atoms with E-state index in [0.717, 1.165) is 17.5 Å². The molecule has 0 aliphatic carbocycles. The molecule has 0 aromatic heterocycles. The number of rotatable bonds is 8. The fourth-order valence-electron chi connectivity index (χ4n) is 2.79. The van der Waals surface area contributed by atoms with E-state index in [2.05, 4.69) is 20.9 Å². The average Bonchev–Trinajstić information content (AvgIpc) is 2.73. The van der Waals surface area contributed by atoms with Gasteiger partial charge in [-0.2, -0.15) is 0 Å². The zero-order valence-corrected chi connectivity index (χ0v) is 15.9. The Morgan fingerprint density at radius 1 is 1.11 bits per heavy atom. The molecule has 1 unspecified atom stereocenters. The number of aliphatic imine (C=N–C) groups is 1. The highest BCUT2D eigenvalue weighted by molar-refractivity contribution is 5.94. The van der Waals surface area contributed by atoms with Gasteiger partial charge in [0.15, 0.2) is 5.96 Å². The van der Waals surface area contributed by atoms with Crippen LogP contribution in [0.5, 0.6) is 0 Å². The van der Waals surface area contributed by atoms with Crippen molar-refractivity contribution in [2.24, 2.45) is 4.99 Å². The second-order valence-electron chi connectivity index (χ2n) is 6.20. The molecule has 0 aliphatic rings. The second kappa shape index (κ2) is 11.0. The molecular weight excluding hydrogens is 340 g/mol. The van der Waals surface area contributed by atoms with Gasteiger partial charge in [-0.05, 0) is 29.7 Å². The minimum atomic E-state index is -0.0850. The number of benzene rings is 2. The Kier molecular flexibility index (Phi) is 8.32. The normalized spacial score (nSPS) is 12.3. The predicted octanol–water partition coefficient (Wildman–Crippen LogP) is 1.53. The third-order valence-corrected chi connectivity index (χ3v) is 4.35. The van der Waals surface area contributed by atoms with Crippen LogP contribution in [0.2, 0.25) is 0 Å². The largest absolute Gasteiger partial charge is 0.396 e. The molecule has 6 heteroatoms. The first-order valence-corrected chi connectivity index (χ1v) is 9.09. The van der Waals surface area contributed by atoms with E-state index >= 15 is 0 Å². The SMILES string of the molecule is CN=C(NCCc1cccc(C(=O)NC)c1)NCC(CO)c1ccccc1. The molecule has 2 aromatic carbocycles. The van der Waals surface area contributed by atoms with Crippen molar-refractivity contribution < 1.29 is 9.90 Å².